The van der Waals surface area contributed by atoms with Gasteiger partial charge in [0.05, 0.1) is 22.0 Å². The van der Waals surface area contributed by atoms with Gasteiger partial charge in [0.2, 0.25) is 15.9 Å². The summed E-state index contributed by atoms with van der Waals surface area (Å²) in [4.78, 5) is 39.5. The van der Waals surface area contributed by atoms with Crippen molar-refractivity contribution in [3.05, 3.63) is 53.1 Å². The van der Waals surface area contributed by atoms with Gasteiger partial charge in [0, 0.05) is 13.1 Å². The van der Waals surface area contributed by atoms with E-state index < -0.39 is 34.0 Å². The van der Waals surface area contributed by atoms with Crippen molar-refractivity contribution in [1.29, 1.82) is 0 Å². The number of para-hydroxylation sites is 2. The molecule has 0 radical (unpaired) electrons. The Bertz CT molecular complexity index is 1290. The van der Waals surface area contributed by atoms with Crippen molar-refractivity contribution in [3.8, 4) is 0 Å². The van der Waals surface area contributed by atoms with E-state index in [1.54, 1.807) is 38.1 Å². The van der Waals surface area contributed by atoms with Gasteiger partial charge < -0.3 is 10.1 Å². The number of anilines is 2. The zero-order chi connectivity index (χ0) is 25.4. The monoisotopic (exact) mass is 519 g/mol. The summed E-state index contributed by atoms with van der Waals surface area (Å²) in [6.07, 6.45) is 2.48. The second-order valence-electron chi connectivity index (χ2n) is 8.95. The first kappa shape index (κ1) is 25.2. The molecule has 2 aliphatic rings. The molecular weight excluding hydrogens is 494 g/mol. The molecule has 0 aliphatic carbocycles. The summed E-state index contributed by atoms with van der Waals surface area (Å²) in [5.74, 6) is -1.85. The molecule has 0 atom stereocenters. The van der Waals surface area contributed by atoms with E-state index in [9.17, 15) is 22.8 Å². The lowest BCUT2D eigenvalue weighted by atomic mass is 9.96. The van der Waals surface area contributed by atoms with E-state index in [1.807, 2.05) is 0 Å². The van der Waals surface area contributed by atoms with E-state index >= 15 is 0 Å². The average Bonchev–Trinajstić information content (AvgIpc) is 2.83. The third-order valence-electron chi connectivity index (χ3n) is 6.18. The van der Waals surface area contributed by atoms with E-state index in [1.165, 1.54) is 27.4 Å². The minimum Gasteiger partial charge on any atom is -0.452 e. The maximum Gasteiger partial charge on any atom is 0.338 e. The van der Waals surface area contributed by atoms with Gasteiger partial charge in [-0.25, -0.2) is 13.2 Å². The fourth-order valence-electron chi connectivity index (χ4n) is 4.25. The number of nitrogens with zero attached hydrogens (tertiary/aromatic N) is 2. The molecule has 0 bridgehead atoms. The van der Waals surface area contributed by atoms with Crippen LogP contribution in [0.3, 0.4) is 0 Å². The van der Waals surface area contributed by atoms with Gasteiger partial charge >= 0.3 is 5.97 Å². The fourth-order valence-corrected chi connectivity index (χ4v) is 6.26. The highest BCUT2D eigenvalue weighted by atomic mass is 35.5. The Kier molecular flexibility index (Phi) is 6.90. The maximum absolute atomic E-state index is 13.1. The van der Waals surface area contributed by atoms with Crippen LogP contribution in [-0.2, 0) is 24.3 Å². The van der Waals surface area contributed by atoms with E-state index in [4.69, 9.17) is 16.3 Å². The number of halogens is 1. The van der Waals surface area contributed by atoms with Crippen LogP contribution in [0.4, 0.5) is 11.4 Å². The van der Waals surface area contributed by atoms with Gasteiger partial charge in [-0.05, 0) is 57.0 Å². The lowest BCUT2D eigenvalue weighted by molar-refractivity contribution is -0.128. The normalized spacial score (nSPS) is 17.9. The molecule has 0 saturated carbocycles. The first-order valence-corrected chi connectivity index (χ1v) is 13.1. The summed E-state index contributed by atoms with van der Waals surface area (Å²) < 4.78 is 32.7. The van der Waals surface area contributed by atoms with Crippen molar-refractivity contribution < 1.29 is 27.5 Å². The molecule has 0 unspecified atom stereocenters. The minimum atomic E-state index is -3.88. The number of hydrogen-bond donors (Lipinski definition) is 1. The second-order valence-corrected chi connectivity index (χ2v) is 11.3. The molecule has 35 heavy (non-hydrogen) atoms. The Morgan fingerprint density at radius 2 is 1.77 bits per heavy atom. The number of hydrogen-bond acceptors (Lipinski definition) is 6. The van der Waals surface area contributed by atoms with Crippen LogP contribution in [0.5, 0.6) is 0 Å². The lowest BCUT2D eigenvalue weighted by Gasteiger charge is -2.41. The van der Waals surface area contributed by atoms with Crippen LogP contribution in [0.25, 0.3) is 0 Å². The Hall–Kier alpha value is -2.95. The van der Waals surface area contributed by atoms with Gasteiger partial charge in [-0.1, -0.05) is 30.2 Å². The molecule has 186 valence electrons. The molecular formula is C24H26ClN3O6S. The summed E-state index contributed by atoms with van der Waals surface area (Å²) >= 11 is 6.17. The molecule has 0 aromatic heterocycles. The number of fused-ring (bicyclic) bond motifs is 1. The van der Waals surface area contributed by atoms with Gasteiger partial charge in [0.25, 0.3) is 5.91 Å². The van der Waals surface area contributed by atoms with Gasteiger partial charge in [-0.2, -0.15) is 4.31 Å². The summed E-state index contributed by atoms with van der Waals surface area (Å²) in [6.45, 7) is 3.33. The van der Waals surface area contributed by atoms with Crippen LogP contribution in [0.1, 0.15) is 43.5 Å². The highest BCUT2D eigenvalue weighted by Gasteiger charge is 2.43. The molecule has 0 spiro atoms. The third-order valence-corrected chi connectivity index (χ3v) is 8.56. The molecule has 9 nitrogen and oxygen atoms in total. The Balaban J connectivity index is 1.53. The summed E-state index contributed by atoms with van der Waals surface area (Å²) in [7, 11) is -3.88. The van der Waals surface area contributed by atoms with Crippen LogP contribution in [0.15, 0.2) is 47.4 Å². The van der Waals surface area contributed by atoms with Gasteiger partial charge in [-0.15, -0.1) is 0 Å². The zero-order valence-electron chi connectivity index (χ0n) is 19.4. The first-order chi connectivity index (χ1) is 16.5. The van der Waals surface area contributed by atoms with Crippen molar-refractivity contribution in [1.82, 2.24) is 4.31 Å². The van der Waals surface area contributed by atoms with E-state index in [-0.39, 0.29) is 21.4 Å². The predicted molar refractivity (Wildman–Crippen MR) is 131 cm³/mol. The van der Waals surface area contributed by atoms with Gasteiger partial charge in [0.1, 0.15) is 10.4 Å². The van der Waals surface area contributed by atoms with E-state index in [2.05, 4.69) is 5.32 Å². The summed E-state index contributed by atoms with van der Waals surface area (Å²) in [5, 5.41) is 2.77. The number of amides is 2. The Morgan fingerprint density at radius 3 is 2.49 bits per heavy atom. The second kappa shape index (κ2) is 9.60. The number of benzene rings is 2. The number of esters is 1. The number of carbonyl (C=O) groups excluding carboxylic acids is 3. The highest BCUT2D eigenvalue weighted by molar-refractivity contribution is 7.89. The lowest BCUT2D eigenvalue weighted by Crippen LogP contribution is -2.59. The topological polar surface area (TPSA) is 113 Å². The van der Waals surface area contributed by atoms with Gasteiger partial charge in [0.15, 0.2) is 6.61 Å². The zero-order valence-corrected chi connectivity index (χ0v) is 21.0. The van der Waals surface area contributed by atoms with Crippen molar-refractivity contribution in [2.75, 3.05) is 29.9 Å². The molecule has 11 heteroatoms. The summed E-state index contributed by atoms with van der Waals surface area (Å²) in [6, 6.07) is 10.7. The number of piperidine rings is 1. The molecule has 2 aliphatic heterocycles. The van der Waals surface area contributed by atoms with Crippen molar-refractivity contribution in [2.24, 2.45) is 0 Å². The number of nitrogens with one attached hydrogen (secondary N) is 1. The molecule has 4 rings (SSSR count). The van der Waals surface area contributed by atoms with E-state index in [0.29, 0.717) is 24.5 Å². The maximum atomic E-state index is 13.1. The van der Waals surface area contributed by atoms with Crippen molar-refractivity contribution in [3.63, 3.8) is 0 Å². The average molecular weight is 520 g/mol. The van der Waals surface area contributed by atoms with Crippen LogP contribution in [0, 0.1) is 0 Å². The molecule has 2 amide bonds. The standard InChI is InChI=1S/C24H26ClN3O6S/c1-24(2)23(31)26-18-8-4-5-9-19(18)28(24)21(29)15-34-22(30)16-10-11-17(25)20(14-16)35(32,33)27-12-6-3-7-13-27/h4-5,8-11,14H,3,6-7,12-13,15H2,1-2H3,(H,26,31). The number of rotatable bonds is 5. The quantitative estimate of drug-likeness (QED) is 0.605. The van der Waals surface area contributed by atoms with Gasteiger partial charge in [-0.3, -0.25) is 14.5 Å². The number of carbonyl (C=O) groups is 3. The largest absolute Gasteiger partial charge is 0.452 e. The van der Waals surface area contributed by atoms with Crippen molar-refractivity contribution in [2.45, 2.75) is 43.5 Å². The Morgan fingerprint density at radius 1 is 1.09 bits per heavy atom. The smallest absolute Gasteiger partial charge is 0.338 e. The molecule has 1 saturated heterocycles. The Labute approximate surface area is 209 Å². The predicted octanol–water partition coefficient (Wildman–Crippen LogP) is 3.44. The van der Waals surface area contributed by atoms with Crippen LogP contribution >= 0.6 is 11.6 Å². The van der Waals surface area contributed by atoms with Crippen LogP contribution in [-0.4, -0.2) is 55.7 Å². The SMILES string of the molecule is CC1(C)C(=O)Nc2ccccc2N1C(=O)COC(=O)c1ccc(Cl)c(S(=O)(=O)N2CCCCC2)c1. The molecule has 2 heterocycles. The molecule has 2 aromatic carbocycles. The van der Waals surface area contributed by atoms with Crippen molar-refractivity contribution >= 4 is 50.8 Å². The molecule has 1 N–H and O–H groups in total. The van der Waals surface area contributed by atoms with Crippen LogP contribution in [0.2, 0.25) is 5.02 Å². The van der Waals surface area contributed by atoms with E-state index in [0.717, 1.165) is 19.3 Å². The summed E-state index contributed by atoms with van der Waals surface area (Å²) in [5.41, 5.74) is -0.302. The highest BCUT2D eigenvalue weighted by Crippen LogP contribution is 2.36. The van der Waals surface area contributed by atoms with Crippen LogP contribution < -0.4 is 10.2 Å². The number of ether oxygens (including phenoxy) is 1. The first-order valence-electron chi connectivity index (χ1n) is 11.2. The minimum absolute atomic E-state index is 0.000820. The molecule has 1 fully saturated rings. The third kappa shape index (κ3) is 4.78. The fraction of sp³-hybridized carbons (Fsp3) is 0.375. The number of sulfonamides is 1. The molecule has 2 aromatic rings.